The van der Waals surface area contributed by atoms with E-state index >= 15 is 0 Å². The molecule has 0 saturated heterocycles. The van der Waals surface area contributed by atoms with Gasteiger partial charge in [0.1, 0.15) is 17.9 Å². The van der Waals surface area contributed by atoms with Crippen molar-refractivity contribution in [1.29, 1.82) is 5.41 Å². The first-order chi connectivity index (χ1) is 17.7. The number of fused-ring (bicyclic) bond motifs is 1. The van der Waals surface area contributed by atoms with Crippen LogP contribution in [-0.4, -0.2) is 26.4 Å². The first kappa shape index (κ1) is 25.6. The van der Waals surface area contributed by atoms with Crippen LogP contribution >= 0.6 is 0 Å². The van der Waals surface area contributed by atoms with E-state index in [1.165, 1.54) is 17.0 Å². The molecule has 0 bridgehead atoms. The quantitative estimate of drug-likeness (QED) is 0.232. The minimum Gasteiger partial charge on any atom is -0.439 e. The summed E-state index contributed by atoms with van der Waals surface area (Å²) in [7, 11) is 0. The first-order valence-corrected chi connectivity index (χ1v) is 11.8. The fourth-order valence-electron chi connectivity index (χ4n) is 3.42. The molecule has 0 saturated carbocycles. The molecule has 2 aromatic carbocycles. The van der Waals surface area contributed by atoms with Crippen molar-refractivity contribution in [3.05, 3.63) is 96.2 Å². The maximum Gasteiger partial charge on any atom is 0.331 e. The molecule has 9 nitrogen and oxygen atoms in total. The molecule has 0 unspecified atom stereocenters. The van der Waals surface area contributed by atoms with Crippen molar-refractivity contribution < 1.29 is 14.3 Å². The Morgan fingerprint density at radius 2 is 1.86 bits per heavy atom. The number of nitrogens with two attached hydrogens (primary N) is 1. The van der Waals surface area contributed by atoms with Gasteiger partial charge in [-0.3, -0.25) is 15.3 Å². The minimum absolute atomic E-state index is 0.0773. The van der Waals surface area contributed by atoms with Crippen LogP contribution < -0.4 is 15.8 Å². The van der Waals surface area contributed by atoms with Gasteiger partial charge < -0.3 is 15.2 Å². The van der Waals surface area contributed by atoms with Gasteiger partial charge in [0, 0.05) is 28.8 Å². The second kappa shape index (κ2) is 11.0. The monoisotopic (exact) mass is 498 g/mol. The van der Waals surface area contributed by atoms with Crippen molar-refractivity contribution in [2.75, 3.05) is 0 Å². The Morgan fingerprint density at radius 3 is 2.62 bits per heavy atom. The van der Waals surface area contributed by atoms with Crippen molar-refractivity contribution in [3.63, 3.8) is 0 Å². The lowest BCUT2D eigenvalue weighted by Gasteiger charge is -2.19. The molecular formula is C28H30N6O3. The third-order valence-electron chi connectivity index (χ3n) is 5.57. The largest absolute Gasteiger partial charge is 0.439 e. The van der Waals surface area contributed by atoms with Gasteiger partial charge in [-0.05, 0) is 35.9 Å². The number of hydrogen-bond donors (Lipinski definition) is 3. The van der Waals surface area contributed by atoms with E-state index in [0.29, 0.717) is 41.8 Å². The van der Waals surface area contributed by atoms with Crippen molar-refractivity contribution in [2.45, 2.75) is 34.0 Å². The van der Waals surface area contributed by atoms with Crippen LogP contribution in [0.5, 0.6) is 11.6 Å². The fourth-order valence-corrected chi connectivity index (χ4v) is 3.42. The Morgan fingerprint density at radius 1 is 1.08 bits per heavy atom. The molecule has 4 aromatic rings. The molecule has 4 rings (SSSR count). The van der Waals surface area contributed by atoms with Gasteiger partial charge in [0.05, 0.1) is 24.4 Å². The van der Waals surface area contributed by atoms with Crippen molar-refractivity contribution >= 4 is 22.8 Å². The Labute approximate surface area is 215 Å². The highest BCUT2D eigenvalue weighted by molar-refractivity contribution is 6.05. The van der Waals surface area contributed by atoms with E-state index in [9.17, 15) is 4.79 Å². The van der Waals surface area contributed by atoms with E-state index in [0.717, 1.165) is 10.9 Å². The summed E-state index contributed by atoms with van der Waals surface area (Å²) >= 11 is 0. The number of carbonyl (C=O) groups is 1. The zero-order chi connectivity index (χ0) is 26.4. The summed E-state index contributed by atoms with van der Waals surface area (Å²) in [6.45, 7) is 6.64. The van der Waals surface area contributed by atoms with Gasteiger partial charge in [-0.2, -0.15) is 0 Å². The van der Waals surface area contributed by atoms with Crippen LogP contribution in [-0.2, 0) is 18.0 Å². The van der Waals surface area contributed by atoms with Crippen LogP contribution in [0.2, 0.25) is 0 Å². The van der Waals surface area contributed by atoms with E-state index in [4.69, 9.17) is 20.6 Å². The van der Waals surface area contributed by atoms with Gasteiger partial charge in [-0.15, -0.1) is 0 Å². The molecule has 2 heterocycles. The van der Waals surface area contributed by atoms with Crippen LogP contribution in [0.25, 0.3) is 10.9 Å². The number of carbonyl (C=O) groups excluding carboxylic acids is 1. The second-order valence-electron chi connectivity index (χ2n) is 9.53. The van der Waals surface area contributed by atoms with E-state index in [1.54, 1.807) is 30.5 Å². The molecule has 190 valence electrons. The summed E-state index contributed by atoms with van der Waals surface area (Å²) < 4.78 is 13.1. The van der Waals surface area contributed by atoms with Crippen LogP contribution in [0.3, 0.4) is 0 Å². The number of rotatable bonds is 7. The average Bonchev–Trinajstić information content (AvgIpc) is 3.28. The lowest BCUT2D eigenvalue weighted by Crippen LogP contribution is -2.33. The Balaban J connectivity index is 1.40. The van der Waals surface area contributed by atoms with E-state index < -0.39 is 6.03 Å². The predicted molar refractivity (Wildman–Crippen MR) is 142 cm³/mol. The summed E-state index contributed by atoms with van der Waals surface area (Å²) in [4.78, 5) is 21.2. The van der Waals surface area contributed by atoms with Crippen molar-refractivity contribution in [3.8, 4) is 11.6 Å². The summed E-state index contributed by atoms with van der Waals surface area (Å²) in [5.74, 6) is 0.877. The molecule has 1 amide bonds. The standard InChI is InChI=1S/C28H30N6O3/c1-28(2,3)24(29)15-25(30)33-27(35)34-12-11-20-13-22(9-10-23(20)34)37-26-14-21(31-18-32-26)17-36-16-19-7-5-4-6-8-19/h4-15,18H,16-17,29H2,1-3H3,(H2,30,33,35)/b24-15-. The van der Waals surface area contributed by atoms with E-state index in [-0.39, 0.29) is 11.3 Å². The molecule has 0 aliphatic carbocycles. The van der Waals surface area contributed by atoms with Gasteiger partial charge in [-0.25, -0.2) is 14.8 Å². The van der Waals surface area contributed by atoms with E-state index in [2.05, 4.69) is 15.3 Å². The summed E-state index contributed by atoms with van der Waals surface area (Å²) in [6.07, 6.45) is 4.53. The van der Waals surface area contributed by atoms with Crippen molar-refractivity contribution in [2.24, 2.45) is 11.1 Å². The number of ether oxygens (including phenoxy) is 2. The molecular weight excluding hydrogens is 468 g/mol. The highest BCUT2D eigenvalue weighted by Crippen LogP contribution is 2.26. The fraction of sp³-hybridized carbons (Fsp3) is 0.214. The summed E-state index contributed by atoms with van der Waals surface area (Å²) in [5, 5.41) is 11.4. The Kier molecular flexibility index (Phi) is 7.64. The molecule has 0 aliphatic rings. The average molecular weight is 499 g/mol. The zero-order valence-corrected chi connectivity index (χ0v) is 21.1. The number of allylic oxidation sites excluding steroid dienone is 1. The zero-order valence-electron chi connectivity index (χ0n) is 21.1. The number of benzene rings is 2. The van der Waals surface area contributed by atoms with Gasteiger partial charge >= 0.3 is 6.03 Å². The maximum atomic E-state index is 12.7. The van der Waals surface area contributed by atoms with Crippen molar-refractivity contribution in [1.82, 2.24) is 19.9 Å². The highest BCUT2D eigenvalue weighted by atomic mass is 16.5. The third kappa shape index (κ3) is 6.80. The molecule has 0 aliphatic heterocycles. The summed E-state index contributed by atoms with van der Waals surface area (Å²) in [6, 6.07) is 18.3. The normalized spacial score (nSPS) is 11.9. The number of amidine groups is 1. The third-order valence-corrected chi connectivity index (χ3v) is 5.57. The Bertz CT molecular complexity index is 1440. The topological polar surface area (TPSA) is 128 Å². The molecule has 0 atom stereocenters. The number of nitrogens with one attached hydrogen (secondary N) is 2. The van der Waals surface area contributed by atoms with Crippen LogP contribution in [0.15, 0.2) is 85.0 Å². The first-order valence-electron chi connectivity index (χ1n) is 11.8. The molecule has 4 N–H and O–H groups in total. The van der Waals surface area contributed by atoms with Crippen LogP contribution in [0.4, 0.5) is 4.79 Å². The van der Waals surface area contributed by atoms with E-state index in [1.807, 2.05) is 57.2 Å². The molecule has 0 spiro atoms. The SMILES string of the molecule is CC(C)(C)/C(N)=C/C(=N)NC(=O)n1ccc2cc(Oc3cc(COCc4ccccc4)ncn3)ccc21. The van der Waals surface area contributed by atoms with Gasteiger partial charge in [-0.1, -0.05) is 51.1 Å². The lowest BCUT2D eigenvalue weighted by atomic mass is 9.92. The maximum absolute atomic E-state index is 12.7. The van der Waals surface area contributed by atoms with Gasteiger partial charge in [0.25, 0.3) is 0 Å². The molecule has 9 heteroatoms. The van der Waals surface area contributed by atoms with Crippen LogP contribution in [0, 0.1) is 10.8 Å². The summed E-state index contributed by atoms with van der Waals surface area (Å²) in [5.41, 5.74) is 8.67. The molecule has 2 aromatic heterocycles. The van der Waals surface area contributed by atoms with Gasteiger partial charge in [0.2, 0.25) is 5.88 Å². The molecule has 0 fully saturated rings. The smallest absolute Gasteiger partial charge is 0.331 e. The Hall–Kier alpha value is -4.50. The van der Waals surface area contributed by atoms with Gasteiger partial charge in [0.15, 0.2) is 0 Å². The van der Waals surface area contributed by atoms with Crippen LogP contribution in [0.1, 0.15) is 32.0 Å². The second-order valence-corrected chi connectivity index (χ2v) is 9.53. The molecule has 0 radical (unpaired) electrons. The molecule has 37 heavy (non-hydrogen) atoms. The minimum atomic E-state index is -0.456. The highest BCUT2D eigenvalue weighted by Gasteiger charge is 2.16. The number of amides is 1. The number of hydrogen-bond acceptors (Lipinski definition) is 7. The number of nitrogens with zero attached hydrogens (tertiary/aromatic N) is 3. The lowest BCUT2D eigenvalue weighted by molar-refractivity contribution is 0.104. The predicted octanol–water partition coefficient (Wildman–Crippen LogP) is 5.36. The number of aromatic nitrogens is 3.